The van der Waals surface area contributed by atoms with Crippen LogP contribution in [0.1, 0.15) is 26.7 Å². The molecule has 1 heterocycles. The van der Waals surface area contributed by atoms with Gasteiger partial charge in [-0.05, 0) is 26.7 Å². The zero-order valence-electron chi connectivity index (χ0n) is 8.42. The third-order valence-electron chi connectivity index (χ3n) is 2.29. The van der Waals surface area contributed by atoms with E-state index in [2.05, 4.69) is 6.08 Å². The third kappa shape index (κ3) is 2.84. The predicted molar refractivity (Wildman–Crippen MR) is 53.2 cm³/mol. The summed E-state index contributed by atoms with van der Waals surface area (Å²) in [5.41, 5.74) is 6.91. The molecular weight excluding hydrogens is 164 g/mol. The number of piperidine rings is 1. The highest BCUT2D eigenvalue weighted by atomic mass is 16.2. The van der Waals surface area contributed by atoms with Gasteiger partial charge in [0.1, 0.15) is 0 Å². The van der Waals surface area contributed by atoms with Gasteiger partial charge in [-0.1, -0.05) is 11.6 Å². The average molecular weight is 182 g/mol. The molecule has 13 heavy (non-hydrogen) atoms. The first kappa shape index (κ1) is 10.3. The van der Waals surface area contributed by atoms with E-state index in [1.54, 1.807) is 0 Å². The van der Waals surface area contributed by atoms with Gasteiger partial charge < -0.3 is 10.6 Å². The number of allylic oxidation sites excluding steroid dienone is 1. The summed E-state index contributed by atoms with van der Waals surface area (Å²) in [6.07, 6.45) is 3.93. The normalized spacial score (nSPS) is 23.2. The molecule has 0 aromatic rings. The summed E-state index contributed by atoms with van der Waals surface area (Å²) in [4.78, 5) is 13.3. The molecule has 0 spiro atoms. The lowest BCUT2D eigenvalue weighted by atomic mass is 10.1. The average Bonchev–Trinajstić information content (AvgIpc) is 2.07. The van der Waals surface area contributed by atoms with Gasteiger partial charge in [0, 0.05) is 13.1 Å². The van der Waals surface area contributed by atoms with Crippen molar-refractivity contribution < 1.29 is 4.79 Å². The molecule has 0 aliphatic carbocycles. The molecule has 0 bridgehead atoms. The molecule has 1 fully saturated rings. The summed E-state index contributed by atoms with van der Waals surface area (Å²) in [6, 6.07) is -0.265. The van der Waals surface area contributed by atoms with Gasteiger partial charge in [-0.3, -0.25) is 4.79 Å². The number of amides is 1. The van der Waals surface area contributed by atoms with Crippen molar-refractivity contribution in [3.8, 4) is 0 Å². The van der Waals surface area contributed by atoms with Crippen LogP contribution in [0.2, 0.25) is 0 Å². The zero-order valence-corrected chi connectivity index (χ0v) is 8.42. The molecule has 0 aromatic heterocycles. The standard InChI is InChI=1S/C10H18N2O/c1-8(2)5-7-12-6-3-4-9(11)10(12)13/h5,9H,3-4,6-7,11H2,1-2H3. The first-order valence-corrected chi connectivity index (χ1v) is 4.79. The van der Waals surface area contributed by atoms with Crippen molar-refractivity contribution in [1.82, 2.24) is 4.90 Å². The lowest BCUT2D eigenvalue weighted by Crippen LogP contribution is -2.48. The summed E-state index contributed by atoms with van der Waals surface area (Å²) >= 11 is 0. The Morgan fingerprint density at radius 2 is 2.38 bits per heavy atom. The second-order valence-electron chi connectivity index (χ2n) is 3.81. The van der Waals surface area contributed by atoms with E-state index in [4.69, 9.17) is 5.73 Å². The van der Waals surface area contributed by atoms with Gasteiger partial charge in [0.05, 0.1) is 6.04 Å². The molecule has 0 aromatic carbocycles. The molecule has 1 rings (SSSR count). The van der Waals surface area contributed by atoms with Crippen LogP contribution in [0.5, 0.6) is 0 Å². The third-order valence-corrected chi connectivity index (χ3v) is 2.29. The molecule has 3 nitrogen and oxygen atoms in total. The second kappa shape index (κ2) is 4.42. The highest BCUT2D eigenvalue weighted by Gasteiger charge is 2.24. The van der Waals surface area contributed by atoms with Crippen LogP contribution in [0.25, 0.3) is 0 Å². The maximum atomic E-state index is 11.5. The van der Waals surface area contributed by atoms with Crippen molar-refractivity contribution in [2.24, 2.45) is 5.73 Å². The zero-order chi connectivity index (χ0) is 9.84. The van der Waals surface area contributed by atoms with Crippen LogP contribution < -0.4 is 5.73 Å². The van der Waals surface area contributed by atoms with Crippen molar-refractivity contribution in [3.63, 3.8) is 0 Å². The maximum absolute atomic E-state index is 11.5. The largest absolute Gasteiger partial charge is 0.338 e. The van der Waals surface area contributed by atoms with Crippen LogP contribution in [0.15, 0.2) is 11.6 Å². The lowest BCUT2D eigenvalue weighted by Gasteiger charge is -2.29. The molecule has 74 valence electrons. The molecule has 1 atom stereocenters. The Labute approximate surface area is 79.6 Å². The van der Waals surface area contributed by atoms with Gasteiger partial charge in [-0.15, -0.1) is 0 Å². The second-order valence-corrected chi connectivity index (χ2v) is 3.81. The van der Waals surface area contributed by atoms with Gasteiger partial charge in [0.25, 0.3) is 0 Å². The number of hydrogen-bond donors (Lipinski definition) is 1. The fourth-order valence-corrected chi connectivity index (χ4v) is 1.44. The number of likely N-dealkylation sites (tertiary alicyclic amines) is 1. The van der Waals surface area contributed by atoms with Gasteiger partial charge in [-0.25, -0.2) is 0 Å². The molecule has 1 aliphatic rings. The minimum atomic E-state index is -0.265. The Balaban J connectivity index is 2.49. The topological polar surface area (TPSA) is 46.3 Å². The molecule has 1 saturated heterocycles. The molecular formula is C10H18N2O. The van der Waals surface area contributed by atoms with Crippen molar-refractivity contribution in [2.45, 2.75) is 32.7 Å². The Morgan fingerprint density at radius 3 is 3.00 bits per heavy atom. The summed E-state index contributed by atoms with van der Waals surface area (Å²) in [5, 5.41) is 0. The summed E-state index contributed by atoms with van der Waals surface area (Å²) in [6.45, 7) is 5.65. The van der Waals surface area contributed by atoms with Crippen molar-refractivity contribution in [1.29, 1.82) is 0 Å². The van der Waals surface area contributed by atoms with Crippen LogP contribution in [-0.2, 0) is 4.79 Å². The van der Waals surface area contributed by atoms with E-state index >= 15 is 0 Å². The molecule has 1 amide bonds. The molecule has 1 aliphatic heterocycles. The van der Waals surface area contributed by atoms with E-state index in [9.17, 15) is 4.79 Å². The molecule has 2 N–H and O–H groups in total. The fourth-order valence-electron chi connectivity index (χ4n) is 1.44. The van der Waals surface area contributed by atoms with E-state index < -0.39 is 0 Å². The van der Waals surface area contributed by atoms with Crippen LogP contribution in [-0.4, -0.2) is 29.9 Å². The lowest BCUT2D eigenvalue weighted by molar-refractivity contribution is -0.134. The number of hydrogen-bond acceptors (Lipinski definition) is 2. The van der Waals surface area contributed by atoms with Crippen molar-refractivity contribution >= 4 is 5.91 Å². The maximum Gasteiger partial charge on any atom is 0.239 e. The fraction of sp³-hybridized carbons (Fsp3) is 0.700. The summed E-state index contributed by atoms with van der Waals surface area (Å²) in [5.74, 6) is 0.101. The minimum absolute atomic E-state index is 0.101. The first-order valence-electron chi connectivity index (χ1n) is 4.79. The first-order chi connectivity index (χ1) is 6.11. The van der Waals surface area contributed by atoms with Crippen LogP contribution in [0.4, 0.5) is 0 Å². The van der Waals surface area contributed by atoms with E-state index in [0.29, 0.717) is 0 Å². The number of rotatable bonds is 2. The molecule has 3 heteroatoms. The quantitative estimate of drug-likeness (QED) is 0.645. The number of nitrogens with zero attached hydrogens (tertiary/aromatic N) is 1. The monoisotopic (exact) mass is 182 g/mol. The predicted octanol–water partition coefficient (Wildman–Crippen LogP) is 0.902. The van der Waals surface area contributed by atoms with E-state index in [1.807, 2.05) is 18.7 Å². The Hall–Kier alpha value is -0.830. The minimum Gasteiger partial charge on any atom is -0.338 e. The Bertz CT molecular complexity index is 219. The highest BCUT2D eigenvalue weighted by molar-refractivity contribution is 5.82. The highest BCUT2D eigenvalue weighted by Crippen LogP contribution is 2.09. The van der Waals surface area contributed by atoms with Crippen molar-refractivity contribution in [2.75, 3.05) is 13.1 Å². The van der Waals surface area contributed by atoms with Crippen LogP contribution in [0.3, 0.4) is 0 Å². The Kier molecular flexibility index (Phi) is 3.48. The van der Waals surface area contributed by atoms with Crippen LogP contribution in [0, 0.1) is 0 Å². The molecule has 0 saturated carbocycles. The molecule has 1 unspecified atom stereocenters. The summed E-state index contributed by atoms with van der Waals surface area (Å²) < 4.78 is 0. The van der Waals surface area contributed by atoms with Gasteiger partial charge >= 0.3 is 0 Å². The SMILES string of the molecule is CC(C)=CCN1CCCC(N)C1=O. The van der Waals surface area contributed by atoms with Gasteiger partial charge in [0.15, 0.2) is 0 Å². The van der Waals surface area contributed by atoms with E-state index in [0.717, 1.165) is 25.9 Å². The van der Waals surface area contributed by atoms with E-state index in [-0.39, 0.29) is 11.9 Å². The van der Waals surface area contributed by atoms with Crippen LogP contribution >= 0.6 is 0 Å². The van der Waals surface area contributed by atoms with Crippen molar-refractivity contribution in [3.05, 3.63) is 11.6 Å². The Morgan fingerprint density at radius 1 is 1.69 bits per heavy atom. The summed E-state index contributed by atoms with van der Waals surface area (Å²) in [7, 11) is 0. The van der Waals surface area contributed by atoms with Gasteiger partial charge in [0.2, 0.25) is 5.91 Å². The smallest absolute Gasteiger partial charge is 0.239 e. The van der Waals surface area contributed by atoms with E-state index in [1.165, 1.54) is 5.57 Å². The number of carbonyl (C=O) groups excluding carboxylic acids is 1. The number of carbonyl (C=O) groups is 1. The van der Waals surface area contributed by atoms with Gasteiger partial charge in [-0.2, -0.15) is 0 Å². The molecule has 0 radical (unpaired) electrons. The number of nitrogens with two attached hydrogens (primary N) is 1.